The molecule has 1 heterocycles. The minimum absolute atomic E-state index is 0.0769. The SMILES string of the molecule is Cc1cc(C)c(N(CC(O)CN2CCNCC2)S(C)(=O)=O)c(C)c1.O=C(O)C(=O)O. The van der Waals surface area contributed by atoms with Gasteiger partial charge in [0.1, 0.15) is 0 Å². The van der Waals surface area contributed by atoms with E-state index in [1.807, 2.05) is 32.9 Å². The zero-order valence-electron chi connectivity index (χ0n) is 17.8. The fourth-order valence-corrected chi connectivity index (χ4v) is 4.46. The lowest BCUT2D eigenvalue weighted by molar-refractivity contribution is -0.159. The number of rotatable bonds is 6. The van der Waals surface area contributed by atoms with Crippen LogP contribution < -0.4 is 9.62 Å². The number of hydrogen-bond donors (Lipinski definition) is 4. The van der Waals surface area contributed by atoms with Crippen LogP contribution in [0.4, 0.5) is 5.69 Å². The van der Waals surface area contributed by atoms with Crippen LogP contribution in [0.15, 0.2) is 12.1 Å². The maximum absolute atomic E-state index is 12.3. The zero-order valence-corrected chi connectivity index (χ0v) is 18.6. The third-order valence-corrected chi connectivity index (χ3v) is 5.66. The number of aryl methyl sites for hydroxylation is 3. The maximum atomic E-state index is 12.3. The van der Waals surface area contributed by atoms with Crippen LogP contribution in [0.2, 0.25) is 0 Å². The van der Waals surface area contributed by atoms with Crippen LogP contribution in [0.5, 0.6) is 0 Å². The molecular formula is C19H31N3O7S. The number of hydrogen-bond acceptors (Lipinski definition) is 7. The average molecular weight is 446 g/mol. The highest BCUT2D eigenvalue weighted by Gasteiger charge is 2.25. The summed E-state index contributed by atoms with van der Waals surface area (Å²) in [5.74, 6) is -3.65. The summed E-state index contributed by atoms with van der Waals surface area (Å²) in [7, 11) is -3.47. The van der Waals surface area contributed by atoms with Crippen LogP contribution in [0.25, 0.3) is 0 Å². The van der Waals surface area contributed by atoms with Crippen LogP contribution in [-0.4, -0.2) is 92.2 Å². The molecule has 2 rings (SSSR count). The van der Waals surface area contributed by atoms with Gasteiger partial charge < -0.3 is 20.6 Å². The molecule has 1 aromatic rings. The smallest absolute Gasteiger partial charge is 0.414 e. The highest BCUT2D eigenvalue weighted by molar-refractivity contribution is 7.92. The lowest BCUT2D eigenvalue weighted by atomic mass is 10.0. The quantitative estimate of drug-likeness (QED) is 0.437. The Labute approximate surface area is 177 Å². The molecule has 1 fully saturated rings. The molecule has 30 heavy (non-hydrogen) atoms. The van der Waals surface area contributed by atoms with Crippen molar-refractivity contribution >= 4 is 27.6 Å². The highest BCUT2D eigenvalue weighted by Crippen LogP contribution is 2.28. The summed E-state index contributed by atoms with van der Waals surface area (Å²) in [5, 5.41) is 28.5. The van der Waals surface area contributed by atoms with E-state index >= 15 is 0 Å². The topological polar surface area (TPSA) is 147 Å². The number of piperazine rings is 1. The Morgan fingerprint density at radius 3 is 1.97 bits per heavy atom. The molecular weight excluding hydrogens is 414 g/mol. The molecule has 1 unspecified atom stereocenters. The fraction of sp³-hybridized carbons (Fsp3) is 0.579. The second-order valence-corrected chi connectivity index (χ2v) is 9.26. The van der Waals surface area contributed by atoms with Crippen LogP contribution in [0.3, 0.4) is 0 Å². The number of β-amino-alcohol motifs (C(OH)–C–C–N with tert-alkyl or cyclic N) is 1. The number of benzene rings is 1. The van der Waals surface area contributed by atoms with Gasteiger partial charge in [-0.1, -0.05) is 17.7 Å². The van der Waals surface area contributed by atoms with Gasteiger partial charge in [-0.2, -0.15) is 0 Å². The summed E-state index contributed by atoms with van der Waals surface area (Å²) in [5.41, 5.74) is 3.60. The van der Waals surface area contributed by atoms with Crippen molar-refractivity contribution < 1.29 is 33.3 Å². The van der Waals surface area contributed by atoms with Crippen molar-refractivity contribution in [1.29, 1.82) is 0 Å². The summed E-state index contributed by atoms with van der Waals surface area (Å²) in [6.45, 7) is 9.93. The Hall–Kier alpha value is -2.21. The van der Waals surface area contributed by atoms with Gasteiger partial charge in [0.05, 0.1) is 24.6 Å². The lowest BCUT2D eigenvalue weighted by Gasteiger charge is -2.32. The summed E-state index contributed by atoms with van der Waals surface area (Å²) in [6.07, 6.45) is 0.474. The van der Waals surface area contributed by atoms with Gasteiger partial charge in [0.15, 0.2) is 0 Å². The zero-order chi connectivity index (χ0) is 23.1. The first-order valence-electron chi connectivity index (χ1n) is 9.45. The van der Waals surface area contributed by atoms with E-state index in [-0.39, 0.29) is 6.54 Å². The van der Waals surface area contributed by atoms with E-state index in [9.17, 15) is 13.5 Å². The normalized spacial score (nSPS) is 15.6. The number of aliphatic hydroxyl groups is 1. The number of anilines is 1. The second kappa shape index (κ2) is 11.3. The van der Waals surface area contributed by atoms with E-state index in [0.717, 1.165) is 42.9 Å². The number of carbonyl (C=O) groups is 2. The van der Waals surface area contributed by atoms with E-state index < -0.39 is 28.1 Å². The largest absolute Gasteiger partial charge is 0.473 e. The first-order valence-corrected chi connectivity index (χ1v) is 11.3. The number of nitrogens with zero attached hydrogens (tertiary/aromatic N) is 2. The van der Waals surface area contributed by atoms with E-state index in [1.165, 1.54) is 10.6 Å². The summed E-state index contributed by atoms with van der Waals surface area (Å²) < 4.78 is 26.0. The van der Waals surface area contributed by atoms with Gasteiger partial charge in [-0.15, -0.1) is 0 Å². The maximum Gasteiger partial charge on any atom is 0.414 e. The van der Waals surface area contributed by atoms with Gasteiger partial charge in [0, 0.05) is 32.7 Å². The molecule has 1 aliphatic heterocycles. The monoisotopic (exact) mass is 445 g/mol. The number of carboxylic acid groups (broad SMARTS) is 2. The minimum atomic E-state index is -3.47. The predicted molar refractivity (Wildman–Crippen MR) is 113 cm³/mol. The standard InChI is InChI=1S/C17H29N3O3S.C2H2O4/c1-13-9-14(2)17(15(3)10-13)20(24(4,22)23)12-16(21)11-19-7-5-18-6-8-19;3-1(4)2(5)6/h9-10,16,18,21H,5-8,11-12H2,1-4H3;(H,3,4)(H,5,6). The third kappa shape index (κ3) is 8.27. The Kier molecular flexibility index (Phi) is 9.69. The molecule has 1 atom stereocenters. The van der Waals surface area contributed by atoms with Gasteiger partial charge in [-0.3, -0.25) is 9.21 Å². The fourth-order valence-electron chi connectivity index (χ4n) is 3.40. The van der Waals surface area contributed by atoms with Crippen molar-refractivity contribution in [1.82, 2.24) is 10.2 Å². The molecule has 1 aliphatic rings. The third-order valence-electron chi connectivity index (χ3n) is 4.52. The van der Waals surface area contributed by atoms with Gasteiger partial charge in [0.25, 0.3) is 0 Å². The van der Waals surface area contributed by atoms with Crippen molar-refractivity contribution in [3.8, 4) is 0 Å². The van der Waals surface area contributed by atoms with E-state index in [1.54, 1.807) is 0 Å². The van der Waals surface area contributed by atoms with Crippen molar-refractivity contribution in [2.75, 3.05) is 49.8 Å². The van der Waals surface area contributed by atoms with Crippen molar-refractivity contribution in [3.63, 3.8) is 0 Å². The van der Waals surface area contributed by atoms with Gasteiger partial charge in [-0.25, -0.2) is 18.0 Å². The van der Waals surface area contributed by atoms with E-state index in [4.69, 9.17) is 19.8 Å². The molecule has 4 N–H and O–H groups in total. The number of aliphatic hydroxyl groups excluding tert-OH is 1. The first kappa shape index (κ1) is 25.8. The Morgan fingerprint density at radius 2 is 1.57 bits per heavy atom. The van der Waals surface area contributed by atoms with Crippen LogP contribution in [0.1, 0.15) is 16.7 Å². The molecule has 0 amide bonds. The Bertz CT molecular complexity index is 817. The molecule has 170 valence electrons. The Morgan fingerprint density at radius 1 is 1.10 bits per heavy atom. The number of sulfonamides is 1. The summed E-state index contributed by atoms with van der Waals surface area (Å²) in [6, 6.07) is 3.95. The minimum Gasteiger partial charge on any atom is -0.473 e. The van der Waals surface area contributed by atoms with E-state index in [2.05, 4.69) is 10.2 Å². The molecule has 0 radical (unpaired) electrons. The number of aliphatic carboxylic acids is 2. The second-order valence-electron chi connectivity index (χ2n) is 7.36. The molecule has 1 aromatic carbocycles. The molecule has 1 saturated heterocycles. The molecule has 0 aliphatic carbocycles. The van der Waals surface area contributed by atoms with Crippen LogP contribution in [0, 0.1) is 20.8 Å². The molecule has 0 bridgehead atoms. The van der Waals surface area contributed by atoms with Crippen LogP contribution in [-0.2, 0) is 19.6 Å². The van der Waals surface area contributed by atoms with Gasteiger partial charge in [-0.05, 0) is 31.9 Å². The lowest BCUT2D eigenvalue weighted by Crippen LogP contribution is -2.49. The van der Waals surface area contributed by atoms with Crippen molar-refractivity contribution in [3.05, 3.63) is 28.8 Å². The molecule has 0 saturated carbocycles. The molecule has 0 aromatic heterocycles. The van der Waals surface area contributed by atoms with Crippen LogP contribution >= 0.6 is 0 Å². The van der Waals surface area contributed by atoms with Gasteiger partial charge >= 0.3 is 11.9 Å². The van der Waals surface area contributed by atoms with Crippen molar-refractivity contribution in [2.45, 2.75) is 26.9 Å². The van der Waals surface area contributed by atoms with Crippen molar-refractivity contribution in [2.24, 2.45) is 0 Å². The first-order chi connectivity index (χ1) is 13.8. The highest BCUT2D eigenvalue weighted by atomic mass is 32.2. The van der Waals surface area contributed by atoms with E-state index in [0.29, 0.717) is 12.2 Å². The average Bonchev–Trinajstić information content (AvgIpc) is 2.60. The summed E-state index contributed by atoms with van der Waals surface area (Å²) in [4.78, 5) is 20.4. The number of nitrogens with one attached hydrogen (secondary N) is 1. The predicted octanol–water partition coefficient (Wildman–Crippen LogP) is -0.200. The molecule has 11 heteroatoms. The molecule has 0 spiro atoms. The summed E-state index contributed by atoms with van der Waals surface area (Å²) >= 11 is 0. The van der Waals surface area contributed by atoms with Gasteiger partial charge in [0.2, 0.25) is 10.0 Å². The molecule has 10 nitrogen and oxygen atoms in total. The number of carboxylic acids is 2. The Balaban J connectivity index is 0.000000656.